The van der Waals surface area contributed by atoms with Crippen LogP contribution < -0.4 is 5.73 Å². The van der Waals surface area contributed by atoms with E-state index in [1.807, 2.05) is 0 Å². The molecule has 1 rings (SSSR count). The van der Waals surface area contributed by atoms with Crippen molar-refractivity contribution in [3.63, 3.8) is 0 Å². The van der Waals surface area contributed by atoms with Gasteiger partial charge in [-0.1, -0.05) is 23.2 Å². The van der Waals surface area contributed by atoms with Crippen molar-refractivity contribution in [1.82, 2.24) is 4.98 Å². The molecule has 1 aromatic rings. The molecule has 6 heteroatoms. The Morgan fingerprint density at radius 1 is 1.64 bits per heavy atom. The van der Waals surface area contributed by atoms with Crippen molar-refractivity contribution in [3.05, 3.63) is 28.0 Å². The Labute approximate surface area is 91.0 Å². The molecule has 0 aliphatic heterocycles. The van der Waals surface area contributed by atoms with Crippen LogP contribution in [0.3, 0.4) is 0 Å². The number of hydrogen-bond acceptors (Lipinski definition) is 3. The monoisotopic (exact) mass is 228 g/mol. The quantitative estimate of drug-likeness (QED) is 0.620. The third kappa shape index (κ3) is 2.59. The molecule has 0 unspecified atom stereocenters. The molecule has 0 bridgehead atoms. The summed E-state index contributed by atoms with van der Waals surface area (Å²) in [6.07, 6.45) is 1.52. The molecule has 0 saturated carbocycles. The minimum Gasteiger partial charge on any atom is -0.375 e. The number of amidine groups is 1. The molecular formula is C8H6Cl2N4. The Morgan fingerprint density at radius 2 is 2.36 bits per heavy atom. The molecule has 0 amide bonds. The second-order valence-electron chi connectivity index (χ2n) is 2.37. The summed E-state index contributed by atoms with van der Waals surface area (Å²) in [4.78, 5) is 7.70. The van der Waals surface area contributed by atoms with E-state index in [-0.39, 0.29) is 12.4 Å². The van der Waals surface area contributed by atoms with Crippen molar-refractivity contribution in [2.24, 2.45) is 10.7 Å². The minimum absolute atomic E-state index is 0.108. The topological polar surface area (TPSA) is 75.1 Å². The zero-order valence-corrected chi connectivity index (χ0v) is 8.55. The maximum absolute atomic E-state index is 8.35. The summed E-state index contributed by atoms with van der Waals surface area (Å²) in [5, 5.41) is 9.09. The molecule has 0 spiro atoms. The molecule has 0 aliphatic rings. The first-order valence-electron chi connectivity index (χ1n) is 3.64. The van der Waals surface area contributed by atoms with E-state index < -0.39 is 0 Å². The largest absolute Gasteiger partial charge is 0.375 e. The van der Waals surface area contributed by atoms with Crippen LogP contribution in [-0.4, -0.2) is 10.8 Å². The average molecular weight is 229 g/mol. The van der Waals surface area contributed by atoms with Crippen LogP contribution in [0.15, 0.2) is 17.3 Å². The summed E-state index contributed by atoms with van der Waals surface area (Å²) in [5.74, 6) is -0.108. The van der Waals surface area contributed by atoms with Gasteiger partial charge >= 0.3 is 0 Å². The van der Waals surface area contributed by atoms with Crippen LogP contribution in [0.5, 0.6) is 0 Å². The smallest absolute Gasteiger partial charge is 0.199 e. The highest BCUT2D eigenvalue weighted by Gasteiger charge is 2.04. The van der Waals surface area contributed by atoms with E-state index >= 15 is 0 Å². The molecule has 0 saturated heterocycles. The molecule has 0 atom stereocenters. The van der Waals surface area contributed by atoms with Gasteiger partial charge in [0, 0.05) is 6.20 Å². The lowest BCUT2D eigenvalue weighted by Crippen LogP contribution is -2.08. The highest BCUT2D eigenvalue weighted by molar-refractivity contribution is 6.42. The number of nitriles is 1. The summed E-state index contributed by atoms with van der Waals surface area (Å²) >= 11 is 11.6. The van der Waals surface area contributed by atoms with Gasteiger partial charge in [0.15, 0.2) is 5.84 Å². The van der Waals surface area contributed by atoms with E-state index in [0.29, 0.717) is 15.7 Å². The number of nitrogens with zero attached hydrogens (tertiary/aromatic N) is 3. The average Bonchev–Trinajstić information content (AvgIpc) is 2.20. The van der Waals surface area contributed by atoms with Crippen molar-refractivity contribution in [2.45, 2.75) is 6.54 Å². The minimum atomic E-state index is -0.108. The molecule has 72 valence electrons. The van der Waals surface area contributed by atoms with Gasteiger partial charge in [-0.05, 0) is 6.07 Å². The van der Waals surface area contributed by atoms with Gasteiger partial charge in [0.2, 0.25) is 0 Å². The van der Waals surface area contributed by atoms with E-state index in [4.69, 9.17) is 34.2 Å². The number of aliphatic imine (C=N–C) groups is 1. The standard InChI is InChI=1S/C8H6Cl2N4/c9-5-1-2-13-6(8(5)10)4-14-7(12)3-11/h1-2H,4H2,(H2,12,14). The summed E-state index contributed by atoms with van der Waals surface area (Å²) in [7, 11) is 0. The molecule has 0 aliphatic carbocycles. The third-order valence-electron chi connectivity index (χ3n) is 1.43. The molecule has 2 N–H and O–H groups in total. The fourth-order valence-electron chi connectivity index (χ4n) is 0.766. The van der Waals surface area contributed by atoms with Crippen LogP contribution in [0.1, 0.15) is 5.69 Å². The van der Waals surface area contributed by atoms with Crippen LogP contribution >= 0.6 is 23.2 Å². The fourth-order valence-corrected chi connectivity index (χ4v) is 1.10. The normalized spacial score (nSPS) is 11.1. The van der Waals surface area contributed by atoms with Gasteiger partial charge in [0.05, 0.1) is 22.3 Å². The number of pyridine rings is 1. The first kappa shape index (κ1) is 10.8. The van der Waals surface area contributed by atoms with E-state index in [0.717, 1.165) is 0 Å². The molecule has 1 aromatic heterocycles. The summed E-state index contributed by atoms with van der Waals surface area (Å²) in [6.45, 7) is 0.152. The van der Waals surface area contributed by atoms with Crippen molar-refractivity contribution in [2.75, 3.05) is 0 Å². The lowest BCUT2D eigenvalue weighted by molar-refractivity contribution is 0.989. The fraction of sp³-hybridized carbons (Fsp3) is 0.125. The van der Waals surface area contributed by atoms with Crippen LogP contribution in [0.2, 0.25) is 10.0 Å². The Morgan fingerprint density at radius 3 is 3.00 bits per heavy atom. The highest BCUT2D eigenvalue weighted by Crippen LogP contribution is 2.23. The Bertz CT molecular complexity index is 408. The van der Waals surface area contributed by atoms with E-state index in [1.54, 1.807) is 12.1 Å². The molecule has 1 heterocycles. The van der Waals surface area contributed by atoms with Crippen molar-refractivity contribution in [3.8, 4) is 6.07 Å². The second-order valence-corrected chi connectivity index (χ2v) is 3.15. The summed E-state index contributed by atoms with van der Waals surface area (Å²) < 4.78 is 0. The Hall–Kier alpha value is -1.31. The van der Waals surface area contributed by atoms with Gasteiger partial charge in [0.1, 0.15) is 6.07 Å². The van der Waals surface area contributed by atoms with Crippen molar-refractivity contribution in [1.29, 1.82) is 5.26 Å². The molecule has 4 nitrogen and oxygen atoms in total. The maximum Gasteiger partial charge on any atom is 0.199 e. The highest BCUT2D eigenvalue weighted by atomic mass is 35.5. The van der Waals surface area contributed by atoms with E-state index in [2.05, 4.69) is 9.98 Å². The Balaban J connectivity index is 2.89. The number of aromatic nitrogens is 1. The van der Waals surface area contributed by atoms with Crippen LogP contribution in [0.4, 0.5) is 0 Å². The zero-order chi connectivity index (χ0) is 10.6. The van der Waals surface area contributed by atoms with Gasteiger partial charge in [-0.25, -0.2) is 0 Å². The number of hydrogen-bond donors (Lipinski definition) is 1. The second kappa shape index (κ2) is 4.80. The molecule has 0 radical (unpaired) electrons. The van der Waals surface area contributed by atoms with E-state index in [9.17, 15) is 0 Å². The van der Waals surface area contributed by atoms with Crippen LogP contribution in [0.25, 0.3) is 0 Å². The predicted molar refractivity (Wildman–Crippen MR) is 55.2 cm³/mol. The molecule has 0 aromatic carbocycles. The molecule has 14 heavy (non-hydrogen) atoms. The van der Waals surface area contributed by atoms with Crippen LogP contribution in [-0.2, 0) is 6.54 Å². The predicted octanol–water partition coefficient (Wildman–Crippen LogP) is 1.77. The third-order valence-corrected chi connectivity index (χ3v) is 2.26. The number of halogens is 2. The maximum atomic E-state index is 8.35. The van der Waals surface area contributed by atoms with Gasteiger partial charge in [0.25, 0.3) is 0 Å². The first-order chi connectivity index (χ1) is 6.65. The molecular weight excluding hydrogens is 223 g/mol. The number of nitrogens with two attached hydrogens (primary N) is 1. The van der Waals surface area contributed by atoms with Gasteiger partial charge in [-0.2, -0.15) is 5.26 Å². The summed E-state index contributed by atoms with van der Waals surface area (Å²) in [6, 6.07) is 3.27. The van der Waals surface area contributed by atoms with Gasteiger partial charge < -0.3 is 5.73 Å². The molecule has 0 fully saturated rings. The van der Waals surface area contributed by atoms with Gasteiger partial charge in [-0.15, -0.1) is 0 Å². The summed E-state index contributed by atoms with van der Waals surface area (Å²) in [5.41, 5.74) is 5.69. The van der Waals surface area contributed by atoms with Crippen LogP contribution in [0, 0.1) is 11.3 Å². The van der Waals surface area contributed by atoms with Crippen molar-refractivity contribution >= 4 is 29.0 Å². The SMILES string of the molecule is N#CC(N)=NCc1nccc(Cl)c1Cl. The lowest BCUT2D eigenvalue weighted by Gasteiger charge is -2.00. The Kier molecular flexibility index (Phi) is 3.69. The zero-order valence-electron chi connectivity index (χ0n) is 7.04. The lowest BCUT2D eigenvalue weighted by atomic mass is 10.3. The first-order valence-corrected chi connectivity index (χ1v) is 4.39. The van der Waals surface area contributed by atoms with Crippen molar-refractivity contribution < 1.29 is 0 Å². The van der Waals surface area contributed by atoms with Gasteiger partial charge in [-0.3, -0.25) is 9.98 Å². The number of rotatable bonds is 2. The van der Waals surface area contributed by atoms with E-state index in [1.165, 1.54) is 6.20 Å².